The third-order valence-electron chi connectivity index (χ3n) is 2.02. The maximum absolute atomic E-state index is 11.8. The van der Waals surface area contributed by atoms with E-state index in [1.807, 2.05) is 4.98 Å². The van der Waals surface area contributed by atoms with Crippen molar-refractivity contribution in [3.05, 3.63) is 32.6 Å². The molecule has 0 spiro atoms. The molecule has 7 heteroatoms. The number of aromatic amines is 2. The molecule has 1 aromatic heterocycles. The number of aliphatic hydroxyl groups is 1. The third-order valence-corrected chi connectivity index (χ3v) is 2.02. The van der Waals surface area contributed by atoms with Crippen molar-refractivity contribution in [1.82, 2.24) is 14.9 Å². The van der Waals surface area contributed by atoms with Crippen LogP contribution in [0.25, 0.3) is 0 Å². The van der Waals surface area contributed by atoms with Crippen LogP contribution in [-0.4, -0.2) is 45.1 Å². The van der Waals surface area contributed by atoms with Gasteiger partial charge in [-0.05, 0) is 13.8 Å². The van der Waals surface area contributed by atoms with Gasteiger partial charge in [0.25, 0.3) is 11.5 Å². The molecule has 0 aliphatic heterocycles. The first-order valence-corrected chi connectivity index (χ1v) is 5.00. The van der Waals surface area contributed by atoms with Crippen LogP contribution in [0.2, 0.25) is 0 Å². The third kappa shape index (κ3) is 3.56. The molecule has 1 amide bonds. The van der Waals surface area contributed by atoms with Crippen LogP contribution in [0, 0.1) is 0 Å². The van der Waals surface area contributed by atoms with Crippen LogP contribution in [0.15, 0.2) is 15.8 Å². The predicted molar refractivity (Wildman–Crippen MR) is 60.9 cm³/mol. The second-order valence-corrected chi connectivity index (χ2v) is 4.46. The summed E-state index contributed by atoms with van der Waals surface area (Å²) in [4.78, 5) is 39.4. The number of nitrogens with zero attached hydrogens (tertiary/aromatic N) is 1. The van der Waals surface area contributed by atoms with E-state index in [1.54, 1.807) is 13.8 Å². The van der Waals surface area contributed by atoms with Crippen LogP contribution in [0.4, 0.5) is 0 Å². The lowest BCUT2D eigenvalue weighted by Crippen LogP contribution is -2.42. The monoisotopic (exact) mass is 241 g/mol. The SMILES string of the molecule is CN(CC(C)(C)O)C(=O)c1c[nH]c(=O)[nH]c1=O. The van der Waals surface area contributed by atoms with E-state index in [2.05, 4.69) is 4.98 Å². The number of carbonyl (C=O) groups is 1. The fourth-order valence-corrected chi connectivity index (χ4v) is 1.43. The molecule has 0 aliphatic carbocycles. The summed E-state index contributed by atoms with van der Waals surface area (Å²) in [6.07, 6.45) is 1.06. The lowest BCUT2D eigenvalue weighted by atomic mass is 10.1. The van der Waals surface area contributed by atoms with Gasteiger partial charge in [-0.3, -0.25) is 14.6 Å². The van der Waals surface area contributed by atoms with Crippen molar-refractivity contribution in [1.29, 1.82) is 0 Å². The Morgan fingerprint density at radius 2 is 2.06 bits per heavy atom. The van der Waals surface area contributed by atoms with E-state index in [0.717, 1.165) is 6.20 Å². The zero-order valence-corrected chi connectivity index (χ0v) is 9.90. The Balaban J connectivity index is 2.97. The molecule has 0 bridgehead atoms. The molecular formula is C10H15N3O4. The molecule has 0 saturated carbocycles. The maximum atomic E-state index is 11.8. The van der Waals surface area contributed by atoms with Gasteiger partial charge < -0.3 is 15.0 Å². The Hall–Kier alpha value is -1.89. The molecule has 0 aliphatic rings. The Morgan fingerprint density at radius 1 is 1.47 bits per heavy atom. The Morgan fingerprint density at radius 3 is 2.53 bits per heavy atom. The molecule has 0 unspecified atom stereocenters. The van der Waals surface area contributed by atoms with Crippen molar-refractivity contribution >= 4 is 5.91 Å². The number of rotatable bonds is 3. The zero-order chi connectivity index (χ0) is 13.2. The van der Waals surface area contributed by atoms with Gasteiger partial charge in [0.15, 0.2) is 0 Å². The number of aromatic nitrogens is 2. The molecule has 1 heterocycles. The van der Waals surface area contributed by atoms with Gasteiger partial charge in [0.2, 0.25) is 0 Å². The molecule has 0 aromatic carbocycles. The number of carbonyl (C=O) groups excluding carboxylic acids is 1. The number of hydrogen-bond acceptors (Lipinski definition) is 4. The maximum Gasteiger partial charge on any atom is 0.325 e. The summed E-state index contributed by atoms with van der Waals surface area (Å²) in [5.41, 5.74) is -2.64. The molecule has 1 rings (SSSR count). The van der Waals surface area contributed by atoms with Gasteiger partial charge >= 0.3 is 5.69 Å². The van der Waals surface area contributed by atoms with Gasteiger partial charge in [-0.15, -0.1) is 0 Å². The van der Waals surface area contributed by atoms with Crippen molar-refractivity contribution in [2.75, 3.05) is 13.6 Å². The van der Waals surface area contributed by atoms with Crippen LogP contribution in [0.5, 0.6) is 0 Å². The summed E-state index contributed by atoms with van der Waals surface area (Å²) in [6.45, 7) is 3.17. The molecule has 1 aromatic rings. The summed E-state index contributed by atoms with van der Waals surface area (Å²) in [5.74, 6) is -0.565. The number of H-pyrrole nitrogens is 2. The predicted octanol–water partition coefficient (Wildman–Crippen LogP) is -1.09. The first-order chi connectivity index (χ1) is 7.70. The summed E-state index contributed by atoms with van der Waals surface area (Å²) < 4.78 is 0. The summed E-state index contributed by atoms with van der Waals surface area (Å²) in [7, 11) is 1.46. The quantitative estimate of drug-likeness (QED) is 0.624. The second kappa shape index (κ2) is 4.54. The van der Waals surface area contributed by atoms with Gasteiger partial charge in [-0.1, -0.05) is 0 Å². The minimum atomic E-state index is -1.06. The highest BCUT2D eigenvalue weighted by Crippen LogP contribution is 2.05. The lowest BCUT2D eigenvalue weighted by molar-refractivity contribution is 0.0366. The van der Waals surface area contributed by atoms with Crippen LogP contribution < -0.4 is 11.2 Å². The number of amides is 1. The van der Waals surface area contributed by atoms with E-state index >= 15 is 0 Å². The highest BCUT2D eigenvalue weighted by Gasteiger charge is 2.22. The Kier molecular flexibility index (Phi) is 3.52. The molecule has 3 N–H and O–H groups in total. The van der Waals surface area contributed by atoms with E-state index in [1.165, 1.54) is 11.9 Å². The molecule has 0 saturated heterocycles. The molecule has 7 nitrogen and oxygen atoms in total. The van der Waals surface area contributed by atoms with E-state index in [-0.39, 0.29) is 12.1 Å². The topological polar surface area (TPSA) is 106 Å². The minimum absolute atomic E-state index is 0.0738. The lowest BCUT2D eigenvalue weighted by Gasteiger charge is -2.25. The summed E-state index contributed by atoms with van der Waals surface area (Å²) in [6, 6.07) is 0. The zero-order valence-electron chi connectivity index (χ0n) is 9.90. The average Bonchev–Trinajstić information content (AvgIpc) is 2.14. The molecule has 0 atom stereocenters. The van der Waals surface area contributed by atoms with Gasteiger partial charge in [0.05, 0.1) is 5.60 Å². The smallest absolute Gasteiger partial charge is 0.325 e. The van der Waals surface area contributed by atoms with Crippen molar-refractivity contribution in [3.63, 3.8) is 0 Å². The van der Waals surface area contributed by atoms with Crippen LogP contribution in [0.1, 0.15) is 24.2 Å². The largest absolute Gasteiger partial charge is 0.389 e. The van der Waals surface area contributed by atoms with Crippen molar-refractivity contribution in [2.45, 2.75) is 19.4 Å². The second-order valence-electron chi connectivity index (χ2n) is 4.46. The van der Waals surface area contributed by atoms with E-state index in [4.69, 9.17) is 0 Å². The van der Waals surface area contributed by atoms with Gasteiger partial charge in [0, 0.05) is 19.8 Å². The van der Waals surface area contributed by atoms with Crippen molar-refractivity contribution in [2.24, 2.45) is 0 Å². The molecule has 17 heavy (non-hydrogen) atoms. The van der Waals surface area contributed by atoms with Crippen molar-refractivity contribution < 1.29 is 9.90 Å². The standard InChI is InChI=1S/C10H15N3O4/c1-10(2,17)5-13(3)8(15)6-4-11-9(16)12-7(6)14/h4,17H,5H2,1-3H3,(H2,11,12,14,16). The average molecular weight is 241 g/mol. The molecular weight excluding hydrogens is 226 g/mol. The van der Waals surface area contributed by atoms with Crippen LogP contribution >= 0.6 is 0 Å². The summed E-state index contributed by atoms with van der Waals surface area (Å²) in [5, 5.41) is 9.56. The highest BCUT2D eigenvalue weighted by molar-refractivity contribution is 5.93. The van der Waals surface area contributed by atoms with E-state index in [9.17, 15) is 19.5 Å². The van der Waals surface area contributed by atoms with Crippen LogP contribution in [0.3, 0.4) is 0 Å². The van der Waals surface area contributed by atoms with Crippen molar-refractivity contribution in [3.8, 4) is 0 Å². The van der Waals surface area contributed by atoms with Gasteiger partial charge in [0.1, 0.15) is 5.56 Å². The molecule has 0 radical (unpaired) electrons. The van der Waals surface area contributed by atoms with Gasteiger partial charge in [-0.2, -0.15) is 0 Å². The Bertz CT molecular complexity index is 523. The first-order valence-electron chi connectivity index (χ1n) is 5.00. The highest BCUT2D eigenvalue weighted by atomic mass is 16.3. The molecule has 0 fully saturated rings. The number of hydrogen-bond donors (Lipinski definition) is 3. The van der Waals surface area contributed by atoms with Crippen LogP contribution in [-0.2, 0) is 0 Å². The fourth-order valence-electron chi connectivity index (χ4n) is 1.43. The number of likely N-dealkylation sites (N-methyl/N-ethyl adjacent to an activating group) is 1. The fraction of sp³-hybridized carbons (Fsp3) is 0.500. The Labute approximate surface area is 97.1 Å². The van der Waals surface area contributed by atoms with E-state index in [0.29, 0.717) is 0 Å². The normalized spacial score (nSPS) is 11.3. The number of nitrogens with one attached hydrogen (secondary N) is 2. The van der Waals surface area contributed by atoms with Gasteiger partial charge in [-0.25, -0.2) is 4.79 Å². The first kappa shape index (κ1) is 13.2. The van der Waals surface area contributed by atoms with E-state index < -0.39 is 22.8 Å². The molecule has 94 valence electrons. The summed E-state index contributed by atoms with van der Waals surface area (Å²) >= 11 is 0. The minimum Gasteiger partial charge on any atom is -0.389 e.